The van der Waals surface area contributed by atoms with Crippen LogP contribution in [0.25, 0.3) is 5.53 Å². The number of hydrogen-bond acceptors (Lipinski definition) is 4. The van der Waals surface area contributed by atoms with Gasteiger partial charge < -0.3 is 5.53 Å². The van der Waals surface area contributed by atoms with Crippen molar-refractivity contribution in [2.45, 2.75) is 127 Å². The monoisotopic (exact) mass is 474 g/mol. The van der Waals surface area contributed by atoms with Crippen LogP contribution in [0.4, 0.5) is 0 Å². The van der Waals surface area contributed by atoms with Crippen LogP contribution in [0, 0.1) is 11.8 Å². The highest BCUT2D eigenvalue weighted by Crippen LogP contribution is 2.37. The quantitative estimate of drug-likeness (QED) is 0.176. The summed E-state index contributed by atoms with van der Waals surface area (Å²) in [5, 5.41) is -1.54. The fraction of sp³-hybridized carbons (Fsp3) is 0.957. The van der Waals surface area contributed by atoms with Crippen LogP contribution in [0.2, 0.25) is 0 Å². The molecule has 8 heteroatoms. The van der Waals surface area contributed by atoms with Gasteiger partial charge in [-0.05, 0) is 50.4 Å². The van der Waals surface area contributed by atoms with Crippen LogP contribution in [-0.4, -0.2) is 36.5 Å². The Bertz CT molecular complexity index is 743. The maximum Gasteiger partial charge on any atom is 0.495 e. The molecule has 180 valence electrons. The van der Waals surface area contributed by atoms with E-state index < -0.39 is 34.6 Å². The van der Waals surface area contributed by atoms with Gasteiger partial charge in [-0.1, -0.05) is 78.1 Å². The average Bonchev–Trinajstić information content (AvgIpc) is 2.75. The Hall–Kier alpha value is -0.720. The molecule has 0 aromatic heterocycles. The molecule has 0 amide bonds. The van der Waals surface area contributed by atoms with Gasteiger partial charge in [0.05, 0.1) is 10.5 Å². The van der Waals surface area contributed by atoms with E-state index in [1.165, 1.54) is 0 Å². The fourth-order valence-electron chi connectivity index (χ4n) is 5.65. The predicted octanol–water partition coefficient (Wildman–Crippen LogP) is 5.68. The van der Waals surface area contributed by atoms with Crippen LogP contribution >= 0.6 is 0 Å². The minimum Gasteiger partial charge on any atom is -0.359 e. The second kappa shape index (κ2) is 12.5. The van der Waals surface area contributed by atoms with Gasteiger partial charge in [0.15, 0.2) is 0 Å². The first-order valence-corrected chi connectivity index (χ1v) is 15.6. The van der Waals surface area contributed by atoms with Crippen LogP contribution in [0.3, 0.4) is 0 Å². The first kappa shape index (κ1) is 26.5. The molecule has 0 aliphatic heterocycles. The molecule has 0 bridgehead atoms. The van der Waals surface area contributed by atoms with Gasteiger partial charge in [-0.3, -0.25) is 0 Å². The van der Waals surface area contributed by atoms with Crippen molar-refractivity contribution in [2.75, 3.05) is 0 Å². The molecule has 0 radical (unpaired) electrons. The second-order valence-electron chi connectivity index (χ2n) is 9.61. The summed E-state index contributed by atoms with van der Waals surface area (Å²) in [6.45, 7) is 4.01. The first-order chi connectivity index (χ1) is 14.8. The molecule has 0 aromatic rings. The Labute approximate surface area is 190 Å². The molecule has 0 heterocycles. The topological polar surface area (TPSA) is 105 Å². The highest BCUT2D eigenvalue weighted by atomic mass is 32.3. The summed E-state index contributed by atoms with van der Waals surface area (Å²) >= 11 is 0. The molecule has 2 unspecified atom stereocenters. The van der Waals surface area contributed by atoms with E-state index in [2.05, 4.69) is 4.79 Å². The maximum atomic E-state index is 13.7. The van der Waals surface area contributed by atoms with Crippen molar-refractivity contribution in [2.24, 2.45) is 11.8 Å². The van der Waals surface area contributed by atoms with Crippen molar-refractivity contribution >= 4 is 24.1 Å². The molecule has 0 saturated heterocycles. The molecule has 0 N–H and O–H groups in total. The summed E-state index contributed by atoms with van der Waals surface area (Å²) in [7, 11) is -8.48. The first-order valence-electron chi connectivity index (χ1n) is 12.5. The largest absolute Gasteiger partial charge is 0.495 e. The van der Waals surface area contributed by atoms with Gasteiger partial charge in [0.1, 0.15) is 0 Å². The molecule has 6 nitrogen and oxygen atoms in total. The van der Waals surface area contributed by atoms with E-state index in [4.69, 9.17) is 0 Å². The van der Waals surface area contributed by atoms with E-state index in [1.54, 1.807) is 0 Å². The zero-order chi connectivity index (χ0) is 22.9. The Morgan fingerprint density at radius 3 is 1.39 bits per heavy atom. The zero-order valence-electron chi connectivity index (χ0n) is 19.5. The molecule has 31 heavy (non-hydrogen) atoms. The van der Waals surface area contributed by atoms with Crippen molar-refractivity contribution in [3.05, 3.63) is 5.53 Å². The van der Waals surface area contributed by atoms with Gasteiger partial charge in [0, 0.05) is 0 Å². The summed E-state index contributed by atoms with van der Waals surface area (Å²) in [5.41, 5.74) is 9.77. The summed E-state index contributed by atoms with van der Waals surface area (Å²) in [6.07, 6.45) is 13.3. The predicted molar refractivity (Wildman–Crippen MR) is 126 cm³/mol. The molecule has 2 rings (SSSR count). The SMILES string of the molecule is CCCCC(C1CCCCC1)S(=O)(=O)C(=[N+]=[N-])S(=O)(=O)C(CCCC)C1CCCCC1. The third-order valence-electron chi connectivity index (χ3n) is 7.40. The molecule has 2 saturated carbocycles. The number of nitrogens with zero attached hydrogens (tertiary/aromatic N) is 2. The standard InChI is InChI=1S/C23H42N2O4S2/c1-3-5-17-21(19-13-9-7-10-14-19)30(26,27)23(25-24)31(28,29)22(18-6-4-2)20-15-11-8-12-16-20/h19-22H,3-18H2,1-2H3. The van der Waals surface area contributed by atoms with Crippen molar-refractivity contribution in [3.8, 4) is 0 Å². The fourth-order valence-corrected chi connectivity index (χ4v) is 10.9. The van der Waals surface area contributed by atoms with E-state index in [0.717, 1.165) is 89.9 Å². The van der Waals surface area contributed by atoms with Gasteiger partial charge in [0.25, 0.3) is 19.7 Å². The summed E-state index contributed by atoms with van der Waals surface area (Å²) < 4.78 is 53.9. The second-order valence-corrected chi connectivity index (χ2v) is 14.0. The normalized spacial score (nSPS) is 21.4. The summed E-state index contributed by atoms with van der Waals surface area (Å²) in [5.74, 6) is -0.109. The lowest BCUT2D eigenvalue weighted by molar-refractivity contribution is 0.00349. The molecule has 2 aliphatic rings. The van der Waals surface area contributed by atoms with Gasteiger partial charge >= 0.3 is 4.38 Å². The maximum absolute atomic E-state index is 13.7. The third-order valence-corrected chi connectivity index (χ3v) is 12.8. The number of unbranched alkanes of at least 4 members (excludes halogenated alkanes) is 2. The van der Waals surface area contributed by atoms with Crippen molar-refractivity contribution in [1.82, 2.24) is 0 Å². The third kappa shape index (κ3) is 6.64. The van der Waals surface area contributed by atoms with Crippen molar-refractivity contribution in [3.63, 3.8) is 0 Å². The summed E-state index contributed by atoms with van der Waals surface area (Å²) in [6, 6.07) is 0. The lowest BCUT2D eigenvalue weighted by atomic mass is 9.85. The number of hydrogen-bond donors (Lipinski definition) is 0. The zero-order valence-corrected chi connectivity index (χ0v) is 21.1. The molecule has 0 spiro atoms. The lowest BCUT2D eigenvalue weighted by Gasteiger charge is -2.31. The highest BCUT2D eigenvalue weighted by molar-refractivity contribution is 8.31. The van der Waals surface area contributed by atoms with Crippen LogP contribution in [0.15, 0.2) is 0 Å². The Kier molecular flexibility index (Phi) is 10.7. The molecular weight excluding hydrogens is 432 g/mol. The van der Waals surface area contributed by atoms with Crippen molar-refractivity contribution < 1.29 is 21.6 Å². The number of rotatable bonds is 10. The Balaban J connectivity index is 2.42. The minimum absolute atomic E-state index is 0.0546. The molecule has 2 atom stereocenters. The van der Waals surface area contributed by atoms with Crippen LogP contribution in [0.5, 0.6) is 0 Å². The summed E-state index contributed by atoms with van der Waals surface area (Å²) in [4.78, 5) is 3.02. The number of sulfone groups is 2. The highest BCUT2D eigenvalue weighted by Gasteiger charge is 2.52. The van der Waals surface area contributed by atoms with Gasteiger partial charge in [-0.2, -0.15) is 0 Å². The van der Waals surface area contributed by atoms with Gasteiger partial charge in [-0.15, -0.1) is 4.79 Å². The average molecular weight is 475 g/mol. The molecule has 2 aliphatic carbocycles. The van der Waals surface area contributed by atoms with E-state index in [0.29, 0.717) is 12.8 Å². The Morgan fingerprint density at radius 2 is 1.10 bits per heavy atom. The van der Waals surface area contributed by atoms with E-state index in [9.17, 15) is 22.4 Å². The minimum atomic E-state index is -4.24. The van der Waals surface area contributed by atoms with E-state index >= 15 is 0 Å². The lowest BCUT2D eigenvalue weighted by Crippen LogP contribution is -2.44. The van der Waals surface area contributed by atoms with Crippen LogP contribution in [-0.2, 0) is 19.7 Å². The van der Waals surface area contributed by atoms with Crippen LogP contribution < -0.4 is 0 Å². The molecular formula is C23H42N2O4S2. The molecule has 2 fully saturated rings. The van der Waals surface area contributed by atoms with E-state index in [-0.39, 0.29) is 11.8 Å². The van der Waals surface area contributed by atoms with E-state index in [1.807, 2.05) is 13.8 Å². The Morgan fingerprint density at radius 1 is 0.742 bits per heavy atom. The van der Waals surface area contributed by atoms with Gasteiger partial charge in [-0.25, -0.2) is 16.8 Å². The van der Waals surface area contributed by atoms with Crippen molar-refractivity contribution in [1.29, 1.82) is 0 Å². The van der Waals surface area contributed by atoms with Crippen LogP contribution in [0.1, 0.15) is 117 Å². The molecule has 0 aromatic carbocycles. The van der Waals surface area contributed by atoms with Gasteiger partial charge in [0.2, 0.25) is 0 Å². The smallest absolute Gasteiger partial charge is 0.359 e.